The second kappa shape index (κ2) is 6.28. The van der Waals surface area contributed by atoms with E-state index in [-0.39, 0.29) is 11.9 Å². The fraction of sp³-hybridized carbons (Fsp3) is 0.312. The second-order valence-corrected chi connectivity index (χ2v) is 5.08. The van der Waals surface area contributed by atoms with Crippen molar-refractivity contribution in [2.75, 3.05) is 5.73 Å². The van der Waals surface area contributed by atoms with Gasteiger partial charge in [-0.25, -0.2) is 0 Å². The first kappa shape index (κ1) is 14.2. The Kier molecular flexibility index (Phi) is 4.45. The molecule has 0 radical (unpaired) electrons. The average Bonchev–Trinajstić information content (AvgIpc) is 2.92. The number of benzene rings is 1. The van der Waals surface area contributed by atoms with Crippen molar-refractivity contribution < 1.29 is 9.21 Å². The van der Waals surface area contributed by atoms with Crippen molar-refractivity contribution in [1.29, 1.82) is 0 Å². The van der Waals surface area contributed by atoms with Crippen LogP contribution in [-0.4, -0.2) is 11.9 Å². The summed E-state index contributed by atoms with van der Waals surface area (Å²) in [7, 11) is 0. The summed E-state index contributed by atoms with van der Waals surface area (Å²) in [5, 5.41) is 2.97. The fourth-order valence-electron chi connectivity index (χ4n) is 2.05. The monoisotopic (exact) mass is 272 g/mol. The molecule has 0 aliphatic carbocycles. The summed E-state index contributed by atoms with van der Waals surface area (Å²) in [6, 6.07) is 9.33. The van der Waals surface area contributed by atoms with Crippen LogP contribution in [0.2, 0.25) is 0 Å². The fourth-order valence-corrected chi connectivity index (χ4v) is 2.05. The third-order valence-electron chi connectivity index (χ3n) is 3.23. The molecule has 0 fully saturated rings. The van der Waals surface area contributed by atoms with Gasteiger partial charge in [-0.1, -0.05) is 11.6 Å². The molecule has 3 N–H and O–H groups in total. The van der Waals surface area contributed by atoms with Crippen molar-refractivity contribution in [3.8, 4) is 0 Å². The Hall–Kier alpha value is -2.23. The van der Waals surface area contributed by atoms with Gasteiger partial charge in [-0.15, -0.1) is 0 Å². The van der Waals surface area contributed by atoms with Gasteiger partial charge in [0.25, 0.3) is 5.91 Å². The molecule has 4 heteroatoms. The maximum Gasteiger partial charge on any atom is 0.253 e. The van der Waals surface area contributed by atoms with Gasteiger partial charge in [-0.2, -0.15) is 0 Å². The van der Waals surface area contributed by atoms with Crippen LogP contribution in [0.4, 0.5) is 5.69 Å². The number of carbonyl (C=O) groups excluding carboxylic acids is 1. The Bertz CT molecular complexity index is 576. The quantitative estimate of drug-likeness (QED) is 0.822. The number of rotatable bonds is 5. The van der Waals surface area contributed by atoms with E-state index in [0.717, 1.165) is 24.2 Å². The number of nitrogen functional groups attached to an aromatic ring is 1. The van der Waals surface area contributed by atoms with Gasteiger partial charge in [0.05, 0.1) is 11.8 Å². The second-order valence-electron chi connectivity index (χ2n) is 5.08. The molecule has 106 valence electrons. The maximum absolute atomic E-state index is 12.2. The molecule has 0 aliphatic rings. The van der Waals surface area contributed by atoms with Crippen LogP contribution in [0.5, 0.6) is 0 Å². The molecule has 2 aromatic rings. The molecule has 0 bridgehead atoms. The van der Waals surface area contributed by atoms with Crippen LogP contribution in [-0.2, 0) is 6.42 Å². The molecule has 0 spiro atoms. The normalized spacial score (nSPS) is 12.1. The first-order valence-electron chi connectivity index (χ1n) is 6.75. The zero-order valence-corrected chi connectivity index (χ0v) is 11.8. The zero-order chi connectivity index (χ0) is 14.5. The lowest BCUT2D eigenvalue weighted by molar-refractivity contribution is 0.0939. The Balaban J connectivity index is 1.91. The number of hydrogen-bond donors (Lipinski definition) is 2. The Morgan fingerprint density at radius 2 is 2.20 bits per heavy atom. The van der Waals surface area contributed by atoms with Crippen LogP contribution in [0, 0.1) is 6.92 Å². The minimum Gasteiger partial charge on any atom is -0.469 e. The molecule has 2 rings (SSSR count). The Morgan fingerprint density at radius 3 is 2.90 bits per heavy atom. The van der Waals surface area contributed by atoms with E-state index < -0.39 is 0 Å². The zero-order valence-electron chi connectivity index (χ0n) is 11.8. The third-order valence-corrected chi connectivity index (χ3v) is 3.23. The van der Waals surface area contributed by atoms with Crippen LogP contribution in [0.15, 0.2) is 41.0 Å². The highest BCUT2D eigenvalue weighted by Gasteiger charge is 2.13. The smallest absolute Gasteiger partial charge is 0.253 e. The van der Waals surface area contributed by atoms with Crippen LogP contribution >= 0.6 is 0 Å². The highest BCUT2D eigenvalue weighted by Crippen LogP contribution is 2.14. The predicted molar refractivity (Wildman–Crippen MR) is 79.5 cm³/mol. The lowest BCUT2D eigenvalue weighted by Crippen LogP contribution is -2.33. The van der Waals surface area contributed by atoms with Crippen LogP contribution in [0.1, 0.15) is 35.0 Å². The van der Waals surface area contributed by atoms with Gasteiger partial charge >= 0.3 is 0 Å². The van der Waals surface area contributed by atoms with Gasteiger partial charge in [-0.3, -0.25) is 4.79 Å². The van der Waals surface area contributed by atoms with E-state index in [9.17, 15) is 4.79 Å². The number of carbonyl (C=O) groups is 1. The van der Waals surface area contributed by atoms with E-state index in [1.165, 1.54) is 0 Å². The third kappa shape index (κ3) is 3.63. The molecule has 0 saturated carbocycles. The van der Waals surface area contributed by atoms with E-state index in [1.54, 1.807) is 12.3 Å². The molecule has 1 aromatic carbocycles. The van der Waals surface area contributed by atoms with Gasteiger partial charge in [0.1, 0.15) is 5.76 Å². The number of amides is 1. The van der Waals surface area contributed by atoms with E-state index in [2.05, 4.69) is 5.32 Å². The van der Waals surface area contributed by atoms with Crippen molar-refractivity contribution in [2.24, 2.45) is 0 Å². The van der Waals surface area contributed by atoms with E-state index >= 15 is 0 Å². The minimum atomic E-state index is -0.127. The van der Waals surface area contributed by atoms with Crippen molar-refractivity contribution >= 4 is 11.6 Å². The molecule has 1 atom stereocenters. The largest absolute Gasteiger partial charge is 0.469 e. The highest BCUT2D eigenvalue weighted by atomic mass is 16.3. The molecular formula is C16H20N2O2. The molecule has 1 aromatic heterocycles. The topological polar surface area (TPSA) is 68.3 Å². The van der Waals surface area contributed by atoms with Crippen molar-refractivity contribution in [2.45, 2.75) is 32.7 Å². The Labute approximate surface area is 119 Å². The van der Waals surface area contributed by atoms with Crippen molar-refractivity contribution in [1.82, 2.24) is 5.32 Å². The first-order valence-corrected chi connectivity index (χ1v) is 6.75. The summed E-state index contributed by atoms with van der Waals surface area (Å²) in [4.78, 5) is 12.2. The number of furan rings is 1. The SMILES string of the molecule is Cc1ccc(N)c(C(=O)NC(C)CCc2ccco2)c1. The summed E-state index contributed by atoms with van der Waals surface area (Å²) >= 11 is 0. The van der Waals surface area contributed by atoms with E-state index in [1.807, 2.05) is 38.1 Å². The van der Waals surface area contributed by atoms with Gasteiger partial charge in [-0.05, 0) is 44.5 Å². The maximum atomic E-state index is 12.2. The van der Waals surface area contributed by atoms with Gasteiger partial charge in [0.2, 0.25) is 0 Å². The molecular weight excluding hydrogens is 252 g/mol. The number of hydrogen-bond acceptors (Lipinski definition) is 3. The lowest BCUT2D eigenvalue weighted by Gasteiger charge is -2.14. The summed E-state index contributed by atoms with van der Waals surface area (Å²) in [5.41, 5.74) is 7.91. The summed E-state index contributed by atoms with van der Waals surface area (Å²) in [6.07, 6.45) is 3.29. The molecule has 0 aliphatic heterocycles. The number of nitrogens with one attached hydrogen (secondary N) is 1. The summed E-state index contributed by atoms with van der Waals surface area (Å²) in [6.45, 7) is 3.92. The number of aryl methyl sites for hydroxylation is 2. The molecule has 20 heavy (non-hydrogen) atoms. The highest BCUT2D eigenvalue weighted by molar-refractivity contribution is 5.99. The molecule has 1 heterocycles. The van der Waals surface area contributed by atoms with Crippen LogP contribution in [0.3, 0.4) is 0 Å². The van der Waals surface area contributed by atoms with Gasteiger partial charge in [0, 0.05) is 18.2 Å². The van der Waals surface area contributed by atoms with Crippen molar-refractivity contribution in [3.05, 3.63) is 53.5 Å². The van der Waals surface area contributed by atoms with E-state index in [4.69, 9.17) is 10.2 Å². The summed E-state index contributed by atoms with van der Waals surface area (Å²) < 4.78 is 5.28. The summed E-state index contributed by atoms with van der Waals surface area (Å²) in [5.74, 6) is 0.805. The van der Waals surface area contributed by atoms with Crippen LogP contribution < -0.4 is 11.1 Å². The average molecular weight is 272 g/mol. The van der Waals surface area contributed by atoms with E-state index in [0.29, 0.717) is 11.3 Å². The Morgan fingerprint density at radius 1 is 1.40 bits per heavy atom. The lowest BCUT2D eigenvalue weighted by atomic mass is 10.1. The number of anilines is 1. The first-order chi connectivity index (χ1) is 9.56. The number of nitrogens with two attached hydrogens (primary N) is 1. The molecule has 1 amide bonds. The molecule has 1 unspecified atom stereocenters. The van der Waals surface area contributed by atoms with Crippen molar-refractivity contribution in [3.63, 3.8) is 0 Å². The minimum absolute atomic E-state index is 0.0625. The molecule has 4 nitrogen and oxygen atoms in total. The van der Waals surface area contributed by atoms with Crippen LogP contribution in [0.25, 0.3) is 0 Å². The van der Waals surface area contributed by atoms with Gasteiger partial charge in [0.15, 0.2) is 0 Å². The predicted octanol–water partition coefficient (Wildman–Crippen LogP) is 2.92. The standard InChI is InChI=1S/C16H20N2O2/c1-11-5-8-15(17)14(10-11)16(19)18-12(2)6-7-13-4-3-9-20-13/h3-5,8-10,12H,6-7,17H2,1-2H3,(H,18,19). The van der Waals surface area contributed by atoms with Gasteiger partial charge < -0.3 is 15.5 Å². The molecule has 0 saturated heterocycles.